The van der Waals surface area contributed by atoms with Crippen molar-refractivity contribution in [1.82, 2.24) is 5.32 Å². The van der Waals surface area contributed by atoms with Gasteiger partial charge >= 0.3 is 0 Å². The summed E-state index contributed by atoms with van der Waals surface area (Å²) in [5, 5.41) is 17.4. The molecule has 18 heavy (non-hydrogen) atoms. The minimum atomic E-state index is -0.282. The fourth-order valence-electron chi connectivity index (χ4n) is 1.76. The van der Waals surface area contributed by atoms with Gasteiger partial charge in [-0.1, -0.05) is 32.0 Å². The maximum atomic E-state index is 8.72. The number of hydrogen-bond acceptors (Lipinski definition) is 4. The van der Waals surface area contributed by atoms with E-state index in [2.05, 4.69) is 34.9 Å². The van der Waals surface area contributed by atoms with Gasteiger partial charge in [0.05, 0.1) is 0 Å². The molecule has 5 heteroatoms. The summed E-state index contributed by atoms with van der Waals surface area (Å²) in [5.74, 6) is 0.286. The van der Waals surface area contributed by atoms with Gasteiger partial charge < -0.3 is 16.3 Å². The molecule has 0 amide bonds. The molecular formula is C13H23N3OS. The van der Waals surface area contributed by atoms with Crippen LogP contribution in [0.1, 0.15) is 44.5 Å². The summed E-state index contributed by atoms with van der Waals surface area (Å²) in [6.45, 7) is 6.98. The summed E-state index contributed by atoms with van der Waals surface area (Å²) in [5.41, 5.74) is 5.39. The van der Waals surface area contributed by atoms with Gasteiger partial charge in [-0.25, -0.2) is 0 Å². The zero-order chi connectivity index (χ0) is 13.6. The highest BCUT2D eigenvalue weighted by Gasteiger charge is 2.23. The molecule has 0 bridgehead atoms. The third kappa shape index (κ3) is 3.99. The van der Waals surface area contributed by atoms with Crippen molar-refractivity contribution in [1.29, 1.82) is 0 Å². The van der Waals surface area contributed by atoms with Gasteiger partial charge in [0.2, 0.25) is 0 Å². The number of nitrogens with zero attached hydrogens (tertiary/aromatic N) is 1. The molecule has 1 rings (SSSR count). The molecule has 1 unspecified atom stereocenters. The Kier molecular flexibility index (Phi) is 5.62. The molecule has 0 aromatic carbocycles. The zero-order valence-electron chi connectivity index (χ0n) is 11.3. The van der Waals surface area contributed by atoms with Gasteiger partial charge in [-0.05, 0) is 30.8 Å². The second-order valence-corrected chi connectivity index (χ2v) is 6.03. The van der Waals surface area contributed by atoms with Crippen LogP contribution in [0.15, 0.2) is 22.7 Å². The summed E-state index contributed by atoms with van der Waals surface area (Å²) >= 11 is 1.77. The van der Waals surface area contributed by atoms with Gasteiger partial charge in [0.25, 0.3) is 0 Å². The van der Waals surface area contributed by atoms with Crippen molar-refractivity contribution in [2.24, 2.45) is 16.3 Å². The molecule has 0 aliphatic carbocycles. The van der Waals surface area contributed by atoms with E-state index in [9.17, 15) is 0 Å². The Morgan fingerprint density at radius 2 is 2.33 bits per heavy atom. The fraction of sp³-hybridized carbons (Fsp3) is 0.615. The normalized spacial score (nSPS) is 14.7. The first-order valence-electron chi connectivity index (χ1n) is 6.26. The monoisotopic (exact) mass is 269 g/mol. The van der Waals surface area contributed by atoms with Crippen LogP contribution in [0, 0.1) is 5.41 Å². The molecule has 0 aliphatic heterocycles. The maximum Gasteiger partial charge on any atom is 0.144 e. The van der Waals surface area contributed by atoms with Crippen LogP contribution < -0.4 is 11.1 Å². The third-order valence-corrected chi connectivity index (χ3v) is 4.22. The lowest BCUT2D eigenvalue weighted by Crippen LogP contribution is -2.35. The first kappa shape index (κ1) is 15.0. The molecule has 0 fully saturated rings. The smallest absolute Gasteiger partial charge is 0.144 e. The second kappa shape index (κ2) is 6.75. The van der Waals surface area contributed by atoms with Crippen LogP contribution in [0.4, 0.5) is 0 Å². The van der Waals surface area contributed by atoms with Gasteiger partial charge in [0.1, 0.15) is 5.84 Å². The van der Waals surface area contributed by atoms with Crippen molar-refractivity contribution in [2.75, 3.05) is 6.54 Å². The van der Waals surface area contributed by atoms with E-state index in [-0.39, 0.29) is 11.3 Å². The predicted octanol–water partition coefficient (Wildman–Crippen LogP) is 2.95. The maximum absolute atomic E-state index is 8.72. The summed E-state index contributed by atoms with van der Waals surface area (Å²) in [4.78, 5) is 1.36. The van der Waals surface area contributed by atoms with Gasteiger partial charge in [0.15, 0.2) is 0 Å². The molecule has 1 atom stereocenters. The topological polar surface area (TPSA) is 70.6 Å². The van der Waals surface area contributed by atoms with Gasteiger partial charge in [-0.2, -0.15) is 0 Å². The standard InChI is InChI=1S/C13H23N3OS/c1-4-10(11-6-5-9-18-11)15-8-7-13(2,3)12(14)16-17/h5-6,9-10,15,17H,4,7-8H2,1-3H3,(H2,14,16). The van der Waals surface area contributed by atoms with E-state index in [1.54, 1.807) is 11.3 Å². The molecule has 102 valence electrons. The Morgan fingerprint density at radius 3 is 2.83 bits per heavy atom. The number of nitrogens with two attached hydrogens (primary N) is 1. The van der Waals surface area contributed by atoms with E-state index in [1.165, 1.54) is 4.88 Å². The fourth-order valence-corrected chi connectivity index (χ4v) is 2.64. The van der Waals surface area contributed by atoms with Crippen LogP contribution >= 0.6 is 11.3 Å². The molecule has 1 heterocycles. The average Bonchev–Trinajstić information content (AvgIpc) is 2.87. The number of rotatable bonds is 7. The lowest BCUT2D eigenvalue weighted by Gasteiger charge is -2.24. The Hall–Kier alpha value is -1.07. The van der Waals surface area contributed by atoms with Gasteiger partial charge in [-0.3, -0.25) is 0 Å². The number of nitrogens with one attached hydrogen (secondary N) is 1. The molecular weight excluding hydrogens is 246 g/mol. The lowest BCUT2D eigenvalue weighted by atomic mass is 9.88. The third-order valence-electron chi connectivity index (χ3n) is 3.24. The van der Waals surface area contributed by atoms with Crippen molar-refractivity contribution >= 4 is 17.2 Å². The number of hydrogen-bond donors (Lipinski definition) is 3. The highest BCUT2D eigenvalue weighted by atomic mass is 32.1. The Bertz CT molecular complexity index is 374. The average molecular weight is 269 g/mol. The molecule has 0 spiro atoms. The van der Waals surface area contributed by atoms with Crippen LogP contribution in [0.5, 0.6) is 0 Å². The summed E-state index contributed by atoms with van der Waals surface area (Å²) < 4.78 is 0. The Labute approximate surface area is 113 Å². The van der Waals surface area contributed by atoms with E-state index in [0.717, 1.165) is 19.4 Å². The van der Waals surface area contributed by atoms with Crippen molar-refractivity contribution in [3.63, 3.8) is 0 Å². The Balaban J connectivity index is 2.46. The summed E-state index contributed by atoms with van der Waals surface area (Å²) in [7, 11) is 0. The van der Waals surface area contributed by atoms with Crippen LogP contribution in [0.2, 0.25) is 0 Å². The van der Waals surface area contributed by atoms with Gasteiger partial charge in [0, 0.05) is 16.3 Å². The largest absolute Gasteiger partial charge is 0.409 e. The molecule has 0 saturated carbocycles. The van der Waals surface area contributed by atoms with Crippen molar-refractivity contribution in [2.45, 2.75) is 39.7 Å². The van der Waals surface area contributed by atoms with Crippen molar-refractivity contribution in [3.05, 3.63) is 22.4 Å². The lowest BCUT2D eigenvalue weighted by molar-refractivity contribution is 0.304. The number of oxime groups is 1. The van der Waals surface area contributed by atoms with Gasteiger partial charge in [-0.15, -0.1) is 11.3 Å². The summed E-state index contributed by atoms with van der Waals surface area (Å²) in [6, 6.07) is 4.62. The molecule has 1 aromatic rings. The minimum Gasteiger partial charge on any atom is -0.409 e. The molecule has 0 saturated heterocycles. The zero-order valence-corrected chi connectivity index (χ0v) is 12.1. The molecule has 0 radical (unpaired) electrons. The number of amidine groups is 1. The van der Waals surface area contributed by atoms with E-state index in [1.807, 2.05) is 13.8 Å². The van der Waals surface area contributed by atoms with E-state index >= 15 is 0 Å². The van der Waals surface area contributed by atoms with Crippen molar-refractivity contribution in [3.8, 4) is 0 Å². The highest BCUT2D eigenvalue weighted by Crippen LogP contribution is 2.23. The molecule has 1 aromatic heterocycles. The van der Waals surface area contributed by atoms with Crippen molar-refractivity contribution < 1.29 is 5.21 Å². The molecule has 0 aliphatic rings. The van der Waals surface area contributed by atoms with Crippen LogP contribution in [-0.2, 0) is 0 Å². The molecule has 4 nitrogen and oxygen atoms in total. The first-order valence-corrected chi connectivity index (χ1v) is 7.14. The van der Waals surface area contributed by atoms with E-state index in [0.29, 0.717) is 6.04 Å². The van der Waals surface area contributed by atoms with E-state index in [4.69, 9.17) is 10.9 Å². The highest BCUT2D eigenvalue weighted by molar-refractivity contribution is 7.10. The SMILES string of the molecule is CCC(NCCC(C)(C)C(N)=NO)c1cccs1. The van der Waals surface area contributed by atoms with Crippen LogP contribution in [0.25, 0.3) is 0 Å². The quantitative estimate of drug-likeness (QED) is 0.308. The Morgan fingerprint density at radius 1 is 1.61 bits per heavy atom. The predicted molar refractivity (Wildman–Crippen MR) is 77.2 cm³/mol. The summed E-state index contributed by atoms with van der Waals surface area (Å²) in [6.07, 6.45) is 1.90. The number of thiophene rings is 1. The first-order chi connectivity index (χ1) is 8.51. The van der Waals surface area contributed by atoms with Crippen LogP contribution in [-0.4, -0.2) is 17.6 Å². The molecule has 4 N–H and O–H groups in total. The van der Waals surface area contributed by atoms with Crippen LogP contribution in [0.3, 0.4) is 0 Å². The second-order valence-electron chi connectivity index (χ2n) is 5.05. The minimum absolute atomic E-state index is 0.282. The van der Waals surface area contributed by atoms with E-state index < -0.39 is 0 Å².